The highest BCUT2D eigenvalue weighted by molar-refractivity contribution is 7.99. The van der Waals surface area contributed by atoms with E-state index in [1.807, 2.05) is 32.0 Å². The number of aromatic nitrogens is 4. The molecule has 2 aromatic carbocycles. The number of para-hydroxylation sites is 1. The van der Waals surface area contributed by atoms with Crippen molar-refractivity contribution in [3.8, 4) is 5.69 Å². The van der Waals surface area contributed by atoms with Gasteiger partial charge in [-0.05, 0) is 59.7 Å². The van der Waals surface area contributed by atoms with Gasteiger partial charge >= 0.3 is 0 Å². The molecule has 0 radical (unpaired) electrons. The summed E-state index contributed by atoms with van der Waals surface area (Å²) in [5.74, 6) is -0.205. The molecular formula is C19H20N6O2S. The van der Waals surface area contributed by atoms with E-state index in [2.05, 4.69) is 26.2 Å². The van der Waals surface area contributed by atoms with Gasteiger partial charge in [-0.1, -0.05) is 30.0 Å². The van der Waals surface area contributed by atoms with Crippen molar-refractivity contribution in [1.82, 2.24) is 25.5 Å². The molecule has 0 aliphatic rings. The maximum atomic E-state index is 12.3. The largest absolute Gasteiger partial charge is 0.355 e. The van der Waals surface area contributed by atoms with E-state index in [0.717, 1.165) is 16.8 Å². The van der Waals surface area contributed by atoms with Gasteiger partial charge in [0, 0.05) is 18.3 Å². The summed E-state index contributed by atoms with van der Waals surface area (Å²) in [4.78, 5) is 23.8. The molecule has 0 aliphatic heterocycles. The highest BCUT2D eigenvalue weighted by Gasteiger charge is 2.15. The normalized spacial score (nSPS) is 10.5. The standard InChI is InChI=1S/C19H20N6O2S/c1-12-5-4-6-13(2)17(12)25-19(22-23-24-25)28-11-16(26)21-15-9-7-14(8-10-15)18(27)20-3/h4-10H,11H2,1-3H3,(H,20,27)(H,21,26). The molecule has 2 amide bonds. The predicted molar refractivity (Wildman–Crippen MR) is 108 cm³/mol. The first kappa shape index (κ1) is 19.6. The minimum Gasteiger partial charge on any atom is -0.355 e. The second-order valence-electron chi connectivity index (χ2n) is 6.11. The SMILES string of the molecule is CNC(=O)c1ccc(NC(=O)CSc2nnnn2-c2c(C)cccc2C)cc1. The Labute approximate surface area is 166 Å². The van der Waals surface area contributed by atoms with E-state index in [0.29, 0.717) is 16.4 Å². The van der Waals surface area contributed by atoms with Crippen molar-refractivity contribution in [2.45, 2.75) is 19.0 Å². The van der Waals surface area contributed by atoms with E-state index >= 15 is 0 Å². The third-order valence-electron chi connectivity index (χ3n) is 4.08. The van der Waals surface area contributed by atoms with Crippen LogP contribution in [0.3, 0.4) is 0 Å². The summed E-state index contributed by atoms with van der Waals surface area (Å²) in [7, 11) is 1.57. The highest BCUT2D eigenvalue weighted by Crippen LogP contribution is 2.23. The average molecular weight is 396 g/mol. The molecule has 1 aromatic heterocycles. The Morgan fingerprint density at radius 1 is 1.07 bits per heavy atom. The van der Waals surface area contributed by atoms with E-state index in [4.69, 9.17) is 0 Å². The molecule has 0 aliphatic carbocycles. The van der Waals surface area contributed by atoms with Crippen LogP contribution < -0.4 is 10.6 Å². The zero-order valence-corrected chi connectivity index (χ0v) is 16.6. The van der Waals surface area contributed by atoms with E-state index in [1.165, 1.54) is 11.8 Å². The number of hydrogen-bond donors (Lipinski definition) is 2. The number of hydrogen-bond acceptors (Lipinski definition) is 6. The minimum atomic E-state index is -0.186. The van der Waals surface area contributed by atoms with Gasteiger partial charge in [0.05, 0.1) is 11.4 Å². The fourth-order valence-corrected chi connectivity index (χ4v) is 3.40. The van der Waals surface area contributed by atoms with Crippen molar-refractivity contribution in [2.75, 3.05) is 18.1 Å². The summed E-state index contributed by atoms with van der Waals surface area (Å²) in [5, 5.41) is 17.8. The number of nitrogens with one attached hydrogen (secondary N) is 2. The van der Waals surface area contributed by atoms with Crippen LogP contribution in [0.1, 0.15) is 21.5 Å². The second kappa shape index (κ2) is 8.66. The molecule has 3 rings (SSSR count). The first-order valence-corrected chi connectivity index (χ1v) is 9.58. The number of carbonyl (C=O) groups excluding carboxylic acids is 2. The number of nitrogens with zero attached hydrogens (tertiary/aromatic N) is 4. The van der Waals surface area contributed by atoms with Crippen LogP contribution in [0.15, 0.2) is 47.6 Å². The van der Waals surface area contributed by atoms with Gasteiger partial charge in [0.2, 0.25) is 11.1 Å². The molecule has 0 atom stereocenters. The summed E-state index contributed by atoms with van der Waals surface area (Å²) >= 11 is 1.26. The van der Waals surface area contributed by atoms with E-state index in [1.54, 1.807) is 36.0 Å². The van der Waals surface area contributed by atoms with E-state index in [9.17, 15) is 9.59 Å². The fraction of sp³-hybridized carbons (Fsp3) is 0.211. The second-order valence-corrected chi connectivity index (χ2v) is 7.05. The molecule has 0 fully saturated rings. The van der Waals surface area contributed by atoms with E-state index in [-0.39, 0.29) is 17.6 Å². The maximum Gasteiger partial charge on any atom is 0.251 e. The molecule has 1 heterocycles. The van der Waals surface area contributed by atoms with Crippen molar-refractivity contribution < 1.29 is 9.59 Å². The molecule has 0 bridgehead atoms. The van der Waals surface area contributed by atoms with Crippen molar-refractivity contribution in [2.24, 2.45) is 0 Å². The van der Waals surface area contributed by atoms with Gasteiger partial charge in [0.25, 0.3) is 5.91 Å². The summed E-state index contributed by atoms with van der Waals surface area (Å²) in [6.45, 7) is 3.99. The minimum absolute atomic E-state index is 0.155. The quantitative estimate of drug-likeness (QED) is 0.620. The highest BCUT2D eigenvalue weighted by atomic mass is 32.2. The number of thioether (sulfide) groups is 1. The predicted octanol–water partition coefficient (Wildman–Crippen LogP) is 2.37. The lowest BCUT2D eigenvalue weighted by atomic mass is 10.1. The molecule has 0 saturated heterocycles. The number of carbonyl (C=O) groups is 2. The first-order chi connectivity index (χ1) is 13.5. The maximum absolute atomic E-state index is 12.3. The molecular weight excluding hydrogens is 376 g/mol. The van der Waals surface area contributed by atoms with Crippen LogP contribution in [0.5, 0.6) is 0 Å². The molecule has 144 valence electrons. The molecule has 2 N–H and O–H groups in total. The molecule has 0 spiro atoms. The Balaban J connectivity index is 1.65. The molecule has 28 heavy (non-hydrogen) atoms. The first-order valence-electron chi connectivity index (χ1n) is 8.59. The van der Waals surface area contributed by atoms with Crippen molar-refractivity contribution in [1.29, 1.82) is 0 Å². The third-order valence-corrected chi connectivity index (χ3v) is 5.00. The van der Waals surface area contributed by atoms with Crippen LogP contribution in [0.2, 0.25) is 0 Å². The average Bonchev–Trinajstić information content (AvgIpc) is 3.14. The van der Waals surface area contributed by atoms with Gasteiger partial charge in [-0.15, -0.1) is 5.10 Å². The Kier molecular flexibility index (Phi) is 6.05. The summed E-state index contributed by atoms with van der Waals surface area (Å²) in [6, 6.07) is 12.7. The molecule has 8 nitrogen and oxygen atoms in total. The van der Waals surface area contributed by atoms with Crippen LogP contribution in [0, 0.1) is 13.8 Å². The number of rotatable bonds is 6. The number of benzene rings is 2. The summed E-state index contributed by atoms with van der Waals surface area (Å²) in [5.41, 5.74) is 4.17. The van der Waals surface area contributed by atoms with Crippen LogP contribution >= 0.6 is 11.8 Å². The number of aryl methyl sites for hydroxylation is 2. The fourth-order valence-electron chi connectivity index (χ4n) is 2.73. The molecule has 3 aromatic rings. The zero-order valence-electron chi connectivity index (χ0n) is 15.8. The smallest absolute Gasteiger partial charge is 0.251 e. The van der Waals surface area contributed by atoms with Crippen molar-refractivity contribution >= 4 is 29.3 Å². The lowest BCUT2D eigenvalue weighted by Crippen LogP contribution is -2.18. The summed E-state index contributed by atoms with van der Waals surface area (Å²) < 4.78 is 1.65. The van der Waals surface area contributed by atoms with Crippen LogP contribution in [-0.4, -0.2) is 44.8 Å². The van der Waals surface area contributed by atoms with Gasteiger partial charge in [0.1, 0.15) is 0 Å². The van der Waals surface area contributed by atoms with E-state index < -0.39 is 0 Å². The topological polar surface area (TPSA) is 102 Å². The lowest BCUT2D eigenvalue weighted by molar-refractivity contribution is -0.113. The van der Waals surface area contributed by atoms with Gasteiger partial charge < -0.3 is 10.6 Å². The van der Waals surface area contributed by atoms with Gasteiger partial charge in [-0.2, -0.15) is 4.68 Å². The Bertz CT molecular complexity index is 980. The van der Waals surface area contributed by atoms with Crippen LogP contribution in [0.4, 0.5) is 5.69 Å². The number of anilines is 1. The number of tetrazole rings is 1. The van der Waals surface area contributed by atoms with Crippen LogP contribution in [-0.2, 0) is 4.79 Å². The molecule has 0 unspecified atom stereocenters. The Hall–Kier alpha value is -3.20. The van der Waals surface area contributed by atoms with Crippen molar-refractivity contribution in [3.05, 3.63) is 59.2 Å². The third kappa shape index (κ3) is 4.37. The molecule has 0 saturated carbocycles. The lowest BCUT2D eigenvalue weighted by Gasteiger charge is -2.10. The van der Waals surface area contributed by atoms with Crippen LogP contribution in [0.25, 0.3) is 5.69 Å². The monoisotopic (exact) mass is 396 g/mol. The zero-order chi connectivity index (χ0) is 20.1. The van der Waals surface area contributed by atoms with Gasteiger partial charge in [-0.3, -0.25) is 9.59 Å². The Morgan fingerprint density at radius 3 is 2.39 bits per heavy atom. The Morgan fingerprint density at radius 2 is 1.75 bits per heavy atom. The van der Waals surface area contributed by atoms with Gasteiger partial charge in [0.15, 0.2) is 0 Å². The van der Waals surface area contributed by atoms with Gasteiger partial charge in [-0.25, -0.2) is 0 Å². The molecule has 9 heteroatoms. The van der Waals surface area contributed by atoms with Crippen molar-refractivity contribution in [3.63, 3.8) is 0 Å². The summed E-state index contributed by atoms with van der Waals surface area (Å²) in [6.07, 6.45) is 0. The number of amides is 2.